The third-order valence-corrected chi connectivity index (χ3v) is 3.51. The number of carbonyl (C=O) groups is 1. The van der Waals surface area contributed by atoms with E-state index in [1.165, 1.54) is 7.11 Å². The zero-order chi connectivity index (χ0) is 14.9. The van der Waals surface area contributed by atoms with Gasteiger partial charge in [0.2, 0.25) is 0 Å². The Bertz CT molecular complexity index is 692. The standard InChI is InChI=1S/C17H15NO3/c1-12-8-10-14(11-9-12)17(20-2)15(18-16(19)21-17)13-6-4-3-5-7-13/h3-11H,1-2H3. The number of benzene rings is 2. The number of hydrogen-bond donors (Lipinski definition) is 0. The molecule has 2 aromatic rings. The van der Waals surface area contributed by atoms with E-state index >= 15 is 0 Å². The number of rotatable bonds is 3. The van der Waals surface area contributed by atoms with Gasteiger partial charge in [0, 0.05) is 18.2 Å². The van der Waals surface area contributed by atoms with Crippen molar-refractivity contribution in [2.75, 3.05) is 7.11 Å². The largest absolute Gasteiger partial charge is 0.437 e. The summed E-state index contributed by atoms with van der Waals surface area (Å²) in [5, 5.41) is 0. The fourth-order valence-electron chi connectivity index (χ4n) is 2.43. The zero-order valence-electron chi connectivity index (χ0n) is 11.9. The summed E-state index contributed by atoms with van der Waals surface area (Å²) in [6, 6.07) is 17.1. The molecule has 0 N–H and O–H groups in total. The normalized spacial score (nSPS) is 21.0. The lowest BCUT2D eigenvalue weighted by Gasteiger charge is -2.28. The lowest BCUT2D eigenvalue weighted by molar-refractivity contribution is -0.127. The number of aliphatic imine (C=N–C) groups is 1. The van der Waals surface area contributed by atoms with E-state index in [1.54, 1.807) is 0 Å². The van der Waals surface area contributed by atoms with Crippen molar-refractivity contribution in [1.82, 2.24) is 0 Å². The fourth-order valence-corrected chi connectivity index (χ4v) is 2.43. The summed E-state index contributed by atoms with van der Waals surface area (Å²) in [6.45, 7) is 2.00. The molecule has 0 aliphatic carbocycles. The molecular weight excluding hydrogens is 266 g/mol. The van der Waals surface area contributed by atoms with E-state index in [-0.39, 0.29) is 0 Å². The van der Waals surface area contributed by atoms with Crippen LogP contribution in [0.3, 0.4) is 0 Å². The number of aryl methyl sites for hydroxylation is 1. The van der Waals surface area contributed by atoms with E-state index in [2.05, 4.69) is 4.99 Å². The highest BCUT2D eigenvalue weighted by Crippen LogP contribution is 2.36. The van der Waals surface area contributed by atoms with Gasteiger partial charge in [-0.25, -0.2) is 4.79 Å². The molecule has 3 rings (SSSR count). The summed E-state index contributed by atoms with van der Waals surface area (Å²) in [7, 11) is 1.51. The molecule has 1 aliphatic heterocycles. The van der Waals surface area contributed by atoms with E-state index < -0.39 is 11.9 Å². The summed E-state index contributed by atoms with van der Waals surface area (Å²) in [5.41, 5.74) is 3.13. The second kappa shape index (κ2) is 5.14. The maximum absolute atomic E-state index is 11.8. The zero-order valence-corrected chi connectivity index (χ0v) is 11.9. The lowest BCUT2D eigenvalue weighted by atomic mass is 9.95. The minimum Gasteiger partial charge on any atom is -0.404 e. The monoisotopic (exact) mass is 281 g/mol. The van der Waals surface area contributed by atoms with E-state index in [0.29, 0.717) is 5.71 Å². The molecule has 1 atom stereocenters. The average Bonchev–Trinajstić information content (AvgIpc) is 2.87. The second-order valence-corrected chi connectivity index (χ2v) is 4.88. The van der Waals surface area contributed by atoms with Crippen molar-refractivity contribution in [3.8, 4) is 0 Å². The molecule has 0 radical (unpaired) electrons. The Kier molecular flexibility index (Phi) is 3.31. The van der Waals surface area contributed by atoms with Crippen molar-refractivity contribution in [3.05, 3.63) is 71.3 Å². The molecule has 1 heterocycles. The fraction of sp³-hybridized carbons (Fsp3) is 0.176. The summed E-state index contributed by atoms with van der Waals surface area (Å²) >= 11 is 0. The molecule has 21 heavy (non-hydrogen) atoms. The van der Waals surface area contributed by atoms with E-state index in [9.17, 15) is 4.79 Å². The maximum atomic E-state index is 11.8. The molecule has 1 amide bonds. The Labute approximate surface area is 123 Å². The summed E-state index contributed by atoms with van der Waals surface area (Å²) in [5.74, 6) is -1.29. The number of ether oxygens (including phenoxy) is 2. The molecule has 4 nitrogen and oxygen atoms in total. The summed E-state index contributed by atoms with van der Waals surface area (Å²) in [4.78, 5) is 15.8. The minimum absolute atomic E-state index is 0.472. The van der Waals surface area contributed by atoms with Gasteiger partial charge in [0.1, 0.15) is 5.71 Å². The van der Waals surface area contributed by atoms with E-state index in [0.717, 1.165) is 16.7 Å². The van der Waals surface area contributed by atoms with Gasteiger partial charge in [-0.15, -0.1) is 0 Å². The van der Waals surface area contributed by atoms with Crippen LogP contribution in [-0.2, 0) is 15.3 Å². The third kappa shape index (κ3) is 2.23. The molecule has 0 fully saturated rings. The molecule has 1 aliphatic rings. The van der Waals surface area contributed by atoms with Crippen LogP contribution in [-0.4, -0.2) is 18.9 Å². The van der Waals surface area contributed by atoms with Gasteiger partial charge in [0.15, 0.2) is 0 Å². The molecule has 106 valence electrons. The smallest absolute Gasteiger partial charge is 0.404 e. The minimum atomic E-state index is -1.29. The van der Waals surface area contributed by atoms with Crippen LogP contribution in [0.2, 0.25) is 0 Å². The molecule has 0 spiro atoms. The topological polar surface area (TPSA) is 47.9 Å². The predicted molar refractivity (Wildman–Crippen MR) is 79.3 cm³/mol. The van der Waals surface area contributed by atoms with E-state index in [1.807, 2.05) is 61.5 Å². The van der Waals surface area contributed by atoms with Crippen LogP contribution in [0.1, 0.15) is 16.7 Å². The number of hydrogen-bond acceptors (Lipinski definition) is 3. The maximum Gasteiger partial charge on any atom is 0.437 e. The highest BCUT2D eigenvalue weighted by molar-refractivity contribution is 6.13. The first-order chi connectivity index (χ1) is 10.2. The van der Waals surface area contributed by atoms with Crippen LogP contribution in [0, 0.1) is 6.92 Å². The van der Waals surface area contributed by atoms with Gasteiger partial charge in [-0.3, -0.25) is 0 Å². The van der Waals surface area contributed by atoms with Gasteiger partial charge in [0.25, 0.3) is 5.79 Å². The first-order valence-electron chi connectivity index (χ1n) is 6.65. The Hall–Kier alpha value is -2.46. The van der Waals surface area contributed by atoms with Gasteiger partial charge >= 0.3 is 6.09 Å². The van der Waals surface area contributed by atoms with Crippen molar-refractivity contribution < 1.29 is 14.3 Å². The van der Waals surface area contributed by atoms with Crippen molar-refractivity contribution in [3.63, 3.8) is 0 Å². The van der Waals surface area contributed by atoms with Gasteiger partial charge in [-0.05, 0) is 6.92 Å². The molecule has 4 heteroatoms. The van der Waals surface area contributed by atoms with Crippen molar-refractivity contribution in [2.45, 2.75) is 12.7 Å². The summed E-state index contributed by atoms with van der Waals surface area (Å²) < 4.78 is 11.0. The highest BCUT2D eigenvalue weighted by Gasteiger charge is 2.48. The number of carbonyl (C=O) groups excluding carboxylic acids is 1. The Morgan fingerprint density at radius 2 is 1.71 bits per heavy atom. The highest BCUT2D eigenvalue weighted by atomic mass is 16.7. The number of nitrogens with zero attached hydrogens (tertiary/aromatic N) is 1. The van der Waals surface area contributed by atoms with Crippen LogP contribution < -0.4 is 0 Å². The van der Waals surface area contributed by atoms with Crippen molar-refractivity contribution in [1.29, 1.82) is 0 Å². The Balaban J connectivity index is 2.14. The van der Waals surface area contributed by atoms with Crippen LogP contribution in [0.15, 0.2) is 59.6 Å². The molecule has 2 aromatic carbocycles. The predicted octanol–water partition coefficient (Wildman–Crippen LogP) is 3.43. The number of methoxy groups -OCH3 is 1. The first-order valence-corrected chi connectivity index (χ1v) is 6.65. The first kappa shape index (κ1) is 13.5. The molecule has 0 saturated carbocycles. The number of cyclic esters (lactones) is 1. The lowest BCUT2D eigenvalue weighted by Crippen LogP contribution is -2.37. The number of amides is 1. The Morgan fingerprint density at radius 3 is 2.33 bits per heavy atom. The van der Waals surface area contributed by atoms with Gasteiger partial charge in [-0.1, -0.05) is 60.2 Å². The van der Waals surface area contributed by atoms with Gasteiger partial charge in [0.05, 0.1) is 0 Å². The van der Waals surface area contributed by atoms with Crippen LogP contribution >= 0.6 is 0 Å². The van der Waals surface area contributed by atoms with Crippen molar-refractivity contribution >= 4 is 11.8 Å². The molecule has 1 unspecified atom stereocenters. The third-order valence-electron chi connectivity index (χ3n) is 3.51. The van der Waals surface area contributed by atoms with Gasteiger partial charge in [-0.2, -0.15) is 4.99 Å². The van der Waals surface area contributed by atoms with E-state index in [4.69, 9.17) is 9.47 Å². The summed E-state index contributed by atoms with van der Waals surface area (Å²) in [6.07, 6.45) is -0.642. The quantitative estimate of drug-likeness (QED) is 0.866. The van der Waals surface area contributed by atoms with Gasteiger partial charge < -0.3 is 9.47 Å². The van der Waals surface area contributed by atoms with Crippen LogP contribution in [0.5, 0.6) is 0 Å². The van der Waals surface area contributed by atoms with Crippen LogP contribution in [0.4, 0.5) is 4.79 Å². The molecule has 0 aromatic heterocycles. The van der Waals surface area contributed by atoms with Crippen molar-refractivity contribution in [2.24, 2.45) is 4.99 Å². The molecular formula is C17H15NO3. The molecule has 0 saturated heterocycles. The SMILES string of the molecule is COC1(c2ccc(C)cc2)OC(=O)N=C1c1ccccc1. The Morgan fingerprint density at radius 1 is 1.05 bits per heavy atom. The molecule has 0 bridgehead atoms. The second-order valence-electron chi connectivity index (χ2n) is 4.88. The average molecular weight is 281 g/mol. The van der Waals surface area contributed by atoms with Crippen LogP contribution in [0.25, 0.3) is 0 Å².